The maximum Gasteiger partial charge on any atom is 0.0378 e. The van der Waals surface area contributed by atoms with Crippen LogP contribution >= 0.6 is 11.3 Å². The summed E-state index contributed by atoms with van der Waals surface area (Å²) >= 11 is 1.93. The van der Waals surface area contributed by atoms with Gasteiger partial charge < -0.3 is 5.32 Å². The molecule has 0 fully saturated rings. The van der Waals surface area contributed by atoms with E-state index >= 15 is 0 Å². The Bertz CT molecular complexity index is 497. The van der Waals surface area contributed by atoms with Crippen LogP contribution in [-0.4, -0.2) is 6.04 Å². The fourth-order valence-corrected chi connectivity index (χ4v) is 3.12. The van der Waals surface area contributed by atoms with E-state index in [1.54, 1.807) is 0 Å². The molecule has 86 valence electrons. The van der Waals surface area contributed by atoms with Crippen LogP contribution in [0.25, 0.3) is 10.1 Å². The minimum absolute atomic E-state index is 0.547. The van der Waals surface area contributed by atoms with Crippen molar-refractivity contribution in [1.82, 2.24) is 5.32 Å². The summed E-state index contributed by atoms with van der Waals surface area (Å²) in [4.78, 5) is 1.47. The topological polar surface area (TPSA) is 12.0 Å². The number of rotatable bonds is 3. The van der Waals surface area contributed by atoms with Gasteiger partial charge in [-0.1, -0.05) is 32.0 Å². The number of benzene rings is 1. The predicted octanol–water partition coefficient (Wildman–Crippen LogP) is 4.02. The summed E-state index contributed by atoms with van der Waals surface area (Å²) in [5.74, 6) is 0. The van der Waals surface area contributed by atoms with Gasteiger partial charge >= 0.3 is 0 Å². The normalized spacial score (nSPS) is 11.6. The Kier molecular flexibility index (Phi) is 3.31. The summed E-state index contributed by atoms with van der Waals surface area (Å²) in [6.07, 6.45) is 0. The second kappa shape index (κ2) is 4.56. The van der Waals surface area contributed by atoms with Crippen LogP contribution in [0.5, 0.6) is 0 Å². The third-order valence-electron chi connectivity index (χ3n) is 2.93. The lowest BCUT2D eigenvalue weighted by atomic mass is 10.1. The Morgan fingerprint density at radius 1 is 1.25 bits per heavy atom. The van der Waals surface area contributed by atoms with E-state index in [2.05, 4.69) is 51.2 Å². The first kappa shape index (κ1) is 11.6. The monoisotopic (exact) mass is 233 g/mol. The molecule has 0 saturated carbocycles. The van der Waals surface area contributed by atoms with E-state index in [4.69, 9.17) is 0 Å². The highest BCUT2D eigenvalue weighted by molar-refractivity contribution is 7.19. The lowest BCUT2D eigenvalue weighted by Gasteiger charge is -2.06. The first-order valence-electron chi connectivity index (χ1n) is 5.80. The van der Waals surface area contributed by atoms with Gasteiger partial charge in [-0.2, -0.15) is 0 Å². The molecule has 2 heteroatoms. The quantitative estimate of drug-likeness (QED) is 0.844. The second-order valence-corrected chi connectivity index (χ2v) is 5.74. The Labute approximate surface area is 101 Å². The van der Waals surface area contributed by atoms with Gasteiger partial charge in [0.25, 0.3) is 0 Å². The van der Waals surface area contributed by atoms with E-state index in [1.807, 2.05) is 11.3 Å². The van der Waals surface area contributed by atoms with Gasteiger partial charge in [0.15, 0.2) is 0 Å². The van der Waals surface area contributed by atoms with Crippen LogP contribution in [-0.2, 0) is 6.54 Å². The summed E-state index contributed by atoms with van der Waals surface area (Å²) in [6.45, 7) is 9.79. The van der Waals surface area contributed by atoms with Crippen molar-refractivity contribution in [2.24, 2.45) is 0 Å². The van der Waals surface area contributed by atoms with Crippen LogP contribution in [0, 0.1) is 13.8 Å². The molecule has 0 amide bonds. The molecule has 0 atom stereocenters. The van der Waals surface area contributed by atoms with E-state index < -0.39 is 0 Å². The largest absolute Gasteiger partial charge is 0.310 e. The highest BCUT2D eigenvalue weighted by atomic mass is 32.1. The second-order valence-electron chi connectivity index (χ2n) is 4.64. The summed E-state index contributed by atoms with van der Waals surface area (Å²) < 4.78 is 1.44. The summed E-state index contributed by atoms with van der Waals surface area (Å²) in [7, 11) is 0. The molecule has 0 spiro atoms. The molecule has 0 unspecified atom stereocenters. The molecule has 1 heterocycles. The predicted molar refractivity (Wildman–Crippen MR) is 73.3 cm³/mol. The first-order chi connectivity index (χ1) is 7.59. The van der Waals surface area contributed by atoms with Gasteiger partial charge in [-0.25, -0.2) is 0 Å². The highest BCUT2D eigenvalue weighted by Gasteiger charge is 2.09. The van der Waals surface area contributed by atoms with Crippen LogP contribution in [0.2, 0.25) is 0 Å². The van der Waals surface area contributed by atoms with E-state index in [9.17, 15) is 0 Å². The maximum atomic E-state index is 3.49. The van der Waals surface area contributed by atoms with E-state index in [0.29, 0.717) is 6.04 Å². The van der Waals surface area contributed by atoms with Gasteiger partial charge in [0, 0.05) is 22.2 Å². The Morgan fingerprint density at radius 2 is 2.00 bits per heavy atom. The maximum absolute atomic E-state index is 3.49. The highest BCUT2D eigenvalue weighted by Crippen LogP contribution is 2.32. The summed E-state index contributed by atoms with van der Waals surface area (Å²) in [5.41, 5.74) is 2.83. The molecule has 0 aliphatic carbocycles. The van der Waals surface area contributed by atoms with E-state index in [0.717, 1.165) is 6.54 Å². The number of aryl methyl sites for hydroxylation is 2. The Hall–Kier alpha value is -0.860. The number of hydrogen-bond acceptors (Lipinski definition) is 2. The van der Waals surface area contributed by atoms with Crippen LogP contribution < -0.4 is 5.32 Å². The zero-order valence-corrected chi connectivity index (χ0v) is 11.2. The Morgan fingerprint density at radius 3 is 2.62 bits per heavy atom. The molecule has 1 N–H and O–H groups in total. The van der Waals surface area contributed by atoms with Gasteiger partial charge in [0.2, 0.25) is 0 Å². The molecule has 1 aromatic carbocycles. The molecule has 2 rings (SSSR count). The van der Waals surface area contributed by atoms with Gasteiger partial charge in [-0.3, -0.25) is 0 Å². The molecule has 0 bridgehead atoms. The molecule has 0 saturated heterocycles. The van der Waals surface area contributed by atoms with Gasteiger partial charge in [0.1, 0.15) is 0 Å². The molecular formula is C14H19NS. The van der Waals surface area contributed by atoms with Crippen molar-refractivity contribution < 1.29 is 0 Å². The first-order valence-corrected chi connectivity index (χ1v) is 6.62. The van der Waals surface area contributed by atoms with Crippen LogP contribution in [0.1, 0.15) is 29.9 Å². The molecule has 16 heavy (non-hydrogen) atoms. The van der Waals surface area contributed by atoms with Crippen LogP contribution in [0.3, 0.4) is 0 Å². The van der Waals surface area contributed by atoms with Crippen molar-refractivity contribution in [2.75, 3.05) is 0 Å². The van der Waals surface area contributed by atoms with Crippen molar-refractivity contribution in [3.8, 4) is 0 Å². The third kappa shape index (κ3) is 2.13. The van der Waals surface area contributed by atoms with Crippen molar-refractivity contribution in [3.63, 3.8) is 0 Å². The number of hydrogen-bond donors (Lipinski definition) is 1. The molecule has 0 aliphatic rings. The zero-order chi connectivity index (χ0) is 11.7. The average molecular weight is 233 g/mol. The van der Waals surface area contributed by atoms with Crippen LogP contribution in [0.4, 0.5) is 0 Å². The minimum Gasteiger partial charge on any atom is -0.310 e. The molecule has 0 aliphatic heterocycles. The number of nitrogens with one attached hydrogen (secondary N) is 1. The fourth-order valence-electron chi connectivity index (χ4n) is 1.90. The average Bonchev–Trinajstić information content (AvgIpc) is 2.55. The SMILES string of the molecule is Cc1c(CNC(C)C)sc2c(C)cccc12. The van der Waals surface area contributed by atoms with Gasteiger partial charge in [-0.15, -0.1) is 11.3 Å². The van der Waals surface area contributed by atoms with Crippen molar-refractivity contribution >= 4 is 21.4 Å². The number of thiophene rings is 1. The van der Waals surface area contributed by atoms with Crippen molar-refractivity contribution in [1.29, 1.82) is 0 Å². The Balaban J connectivity index is 2.40. The zero-order valence-electron chi connectivity index (χ0n) is 10.4. The summed E-state index contributed by atoms with van der Waals surface area (Å²) in [5, 5.41) is 4.92. The lowest BCUT2D eigenvalue weighted by molar-refractivity contribution is 0.592. The smallest absolute Gasteiger partial charge is 0.0378 e. The van der Waals surface area contributed by atoms with E-state index in [1.165, 1.54) is 26.1 Å². The molecule has 0 radical (unpaired) electrons. The standard InChI is InChI=1S/C14H19NS/c1-9(2)15-8-13-11(4)12-7-5-6-10(3)14(12)16-13/h5-7,9,15H,8H2,1-4H3. The third-order valence-corrected chi connectivity index (χ3v) is 4.37. The molecule has 1 nitrogen and oxygen atoms in total. The van der Waals surface area contributed by atoms with E-state index in [-0.39, 0.29) is 0 Å². The van der Waals surface area contributed by atoms with Crippen molar-refractivity contribution in [2.45, 2.75) is 40.3 Å². The molecule has 1 aromatic heterocycles. The number of fused-ring (bicyclic) bond motifs is 1. The van der Waals surface area contributed by atoms with Crippen molar-refractivity contribution in [3.05, 3.63) is 34.2 Å². The minimum atomic E-state index is 0.547. The van der Waals surface area contributed by atoms with Gasteiger partial charge in [-0.05, 0) is 30.4 Å². The lowest BCUT2D eigenvalue weighted by Crippen LogP contribution is -2.21. The molecule has 2 aromatic rings. The summed E-state index contributed by atoms with van der Waals surface area (Å²) in [6, 6.07) is 7.12. The van der Waals surface area contributed by atoms with Gasteiger partial charge in [0.05, 0.1) is 0 Å². The fraction of sp³-hybridized carbons (Fsp3) is 0.429. The molecular weight excluding hydrogens is 214 g/mol. The van der Waals surface area contributed by atoms with Crippen LogP contribution in [0.15, 0.2) is 18.2 Å².